The number of benzene rings is 1. The van der Waals surface area contributed by atoms with E-state index < -0.39 is 15.8 Å². The molecule has 2 heterocycles. The van der Waals surface area contributed by atoms with Gasteiger partial charge < -0.3 is 14.0 Å². The van der Waals surface area contributed by atoms with E-state index in [4.69, 9.17) is 9.47 Å². The third-order valence-electron chi connectivity index (χ3n) is 5.07. The van der Waals surface area contributed by atoms with Crippen molar-refractivity contribution in [1.29, 1.82) is 0 Å². The fourth-order valence-electron chi connectivity index (χ4n) is 3.75. The number of rotatable bonds is 7. The predicted molar refractivity (Wildman–Crippen MR) is 108 cm³/mol. The second kappa shape index (κ2) is 8.41. The molecule has 1 atom stereocenters. The Bertz CT molecular complexity index is 1040. The van der Waals surface area contributed by atoms with Crippen molar-refractivity contribution in [3.63, 3.8) is 0 Å². The van der Waals surface area contributed by atoms with Crippen molar-refractivity contribution in [2.45, 2.75) is 33.2 Å². The molecule has 1 aliphatic heterocycles. The number of sulfone groups is 1. The molecular weight excluding hydrogens is 394 g/mol. The van der Waals surface area contributed by atoms with E-state index in [2.05, 4.69) is 0 Å². The summed E-state index contributed by atoms with van der Waals surface area (Å²) in [6.07, 6.45) is 0.559. The molecule has 0 spiro atoms. The lowest BCUT2D eigenvalue weighted by molar-refractivity contribution is 0.0526. The summed E-state index contributed by atoms with van der Waals surface area (Å²) >= 11 is 0. The molecule has 3 rings (SSSR count). The first-order valence-corrected chi connectivity index (χ1v) is 11.4. The third-order valence-corrected chi connectivity index (χ3v) is 6.82. The fourth-order valence-corrected chi connectivity index (χ4v) is 5.45. The second-order valence-corrected chi connectivity index (χ2v) is 9.40. The number of ketones is 1. The summed E-state index contributed by atoms with van der Waals surface area (Å²) in [6, 6.07) is 8.14. The van der Waals surface area contributed by atoms with Crippen molar-refractivity contribution >= 4 is 21.6 Å². The lowest BCUT2D eigenvalue weighted by atomic mass is 10.1. The molecule has 0 amide bonds. The van der Waals surface area contributed by atoms with Crippen LogP contribution in [0.25, 0.3) is 0 Å². The van der Waals surface area contributed by atoms with Gasteiger partial charge >= 0.3 is 5.97 Å². The van der Waals surface area contributed by atoms with Gasteiger partial charge in [0.25, 0.3) is 0 Å². The Kier molecular flexibility index (Phi) is 6.12. The molecule has 1 aliphatic rings. The summed E-state index contributed by atoms with van der Waals surface area (Å²) in [4.78, 5) is 24.5. The summed E-state index contributed by atoms with van der Waals surface area (Å²) in [6.45, 7) is 5.53. The van der Waals surface area contributed by atoms with Crippen LogP contribution in [0.3, 0.4) is 0 Å². The SMILES string of the molecule is CCOC(=O)c1cccc(OCC(=O)c2cc(C)n([C@H]3CCS(=O)(=O)C3)c2C)c1. The lowest BCUT2D eigenvalue weighted by Crippen LogP contribution is -2.16. The molecule has 1 saturated heterocycles. The first-order valence-electron chi connectivity index (χ1n) is 9.54. The molecule has 8 heteroatoms. The smallest absolute Gasteiger partial charge is 0.338 e. The third kappa shape index (κ3) is 4.70. The Morgan fingerprint density at radius 3 is 2.62 bits per heavy atom. The van der Waals surface area contributed by atoms with Gasteiger partial charge in [-0.1, -0.05) is 6.07 Å². The maximum Gasteiger partial charge on any atom is 0.338 e. The minimum absolute atomic E-state index is 0.105. The van der Waals surface area contributed by atoms with E-state index in [1.807, 2.05) is 18.4 Å². The number of Topliss-reactive ketones (excluding diaryl/α,β-unsaturated/α-hetero) is 1. The van der Waals surface area contributed by atoms with Gasteiger partial charge in [-0.25, -0.2) is 13.2 Å². The van der Waals surface area contributed by atoms with Crippen LogP contribution < -0.4 is 4.74 Å². The summed E-state index contributed by atoms with van der Waals surface area (Å²) in [5, 5.41) is 0. The van der Waals surface area contributed by atoms with E-state index >= 15 is 0 Å². The number of hydrogen-bond donors (Lipinski definition) is 0. The van der Waals surface area contributed by atoms with Gasteiger partial charge in [-0.3, -0.25) is 4.79 Å². The second-order valence-electron chi connectivity index (χ2n) is 7.17. The predicted octanol–water partition coefficient (Wildman–Crippen LogP) is 2.90. The first-order chi connectivity index (χ1) is 13.7. The highest BCUT2D eigenvalue weighted by molar-refractivity contribution is 7.91. The summed E-state index contributed by atoms with van der Waals surface area (Å²) < 4.78 is 36.1. The molecule has 156 valence electrons. The Balaban J connectivity index is 1.72. The van der Waals surface area contributed by atoms with Gasteiger partial charge in [-0.05, 0) is 51.5 Å². The zero-order valence-electron chi connectivity index (χ0n) is 16.8. The summed E-state index contributed by atoms with van der Waals surface area (Å²) in [5.74, 6) is 0.0391. The molecule has 7 nitrogen and oxygen atoms in total. The van der Waals surface area contributed by atoms with Crippen LogP contribution in [0.4, 0.5) is 0 Å². The van der Waals surface area contributed by atoms with Crippen LogP contribution in [0.1, 0.15) is 51.5 Å². The molecule has 1 aromatic heterocycles. The average Bonchev–Trinajstić information content (AvgIpc) is 3.18. The zero-order chi connectivity index (χ0) is 21.2. The van der Waals surface area contributed by atoms with Crippen molar-refractivity contribution in [2.24, 2.45) is 0 Å². The molecular formula is C21H25NO6S. The fraction of sp³-hybridized carbons (Fsp3) is 0.429. The largest absolute Gasteiger partial charge is 0.485 e. The average molecular weight is 419 g/mol. The maximum absolute atomic E-state index is 12.7. The number of ether oxygens (including phenoxy) is 2. The van der Waals surface area contributed by atoms with Crippen molar-refractivity contribution in [1.82, 2.24) is 4.57 Å². The van der Waals surface area contributed by atoms with Crippen LogP contribution in [-0.2, 0) is 14.6 Å². The number of carbonyl (C=O) groups excluding carboxylic acids is 2. The topological polar surface area (TPSA) is 91.7 Å². The molecule has 0 N–H and O–H groups in total. The monoisotopic (exact) mass is 419 g/mol. The Labute approximate surface area is 170 Å². The first kappa shape index (κ1) is 21.1. The maximum atomic E-state index is 12.7. The van der Waals surface area contributed by atoms with Crippen molar-refractivity contribution in [3.8, 4) is 5.75 Å². The lowest BCUT2D eigenvalue weighted by Gasteiger charge is -2.16. The van der Waals surface area contributed by atoms with E-state index in [-0.39, 0.29) is 36.5 Å². The zero-order valence-corrected chi connectivity index (χ0v) is 17.6. The van der Waals surface area contributed by atoms with Crippen LogP contribution >= 0.6 is 0 Å². The highest BCUT2D eigenvalue weighted by atomic mass is 32.2. The number of carbonyl (C=O) groups is 2. The van der Waals surface area contributed by atoms with Crippen molar-refractivity contribution in [2.75, 3.05) is 24.7 Å². The van der Waals surface area contributed by atoms with Gasteiger partial charge in [-0.15, -0.1) is 0 Å². The van der Waals surface area contributed by atoms with Crippen molar-refractivity contribution in [3.05, 3.63) is 52.8 Å². The molecule has 0 bridgehead atoms. The van der Waals surface area contributed by atoms with Crippen LogP contribution in [0, 0.1) is 13.8 Å². The van der Waals surface area contributed by atoms with E-state index in [1.54, 1.807) is 31.2 Å². The number of aryl methyl sites for hydroxylation is 1. The summed E-state index contributed by atoms with van der Waals surface area (Å²) in [7, 11) is -3.02. The van der Waals surface area contributed by atoms with Crippen LogP contribution in [-0.4, -0.2) is 49.5 Å². The van der Waals surface area contributed by atoms with Gasteiger partial charge in [-0.2, -0.15) is 0 Å². The number of esters is 1. The number of nitrogens with zero attached hydrogens (tertiary/aromatic N) is 1. The molecule has 0 unspecified atom stereocenters. The quantitative estimate of drug-likeness (QED) is 0.506. The molecule has 29 heavy (non-hydrogen) atoms. The number of hydrogen-bond acceptors (Lipinski definition) is 6. The summed E-state index contributed by atoms with van der Waals surface area (Å²) in [5.41, 5.74) is 2.49. The molecule has 0 aliphatic carbocycles. The molecule has 0 radical (unpaired) electrons. The molecule has 0 saturated carbocycles. The van der Waals surface area contributed by atoms with Crippen molar-refractivity contribution < 1.29 is 27.5 Å². The van der Waals surface area contributed by atoms with Crippen LogP contribution in [0.15, 0.2) is 30.3 Å². The van der Waals surface area contributed by atoms with Crippen LogP contribution in [0.2, 0.25) is 0 Å². The number of aromatic nitrogens is 1. The van der Waals surface area contributed by atoms with Gasteiger partial charge in [0.2, 0.25) is 5.78 Å². The van der Waals surface area contributed by atoms with E-state index in [0.717, 1.165) is 11.4 Å². The Morgan fingerprint density at radius 1 is 1.21 bits per heavy atom. The highest BCUT2D eigenvalue weighted by Gasteiger charge is 2.31. The minimum Gasteiger partial charge on any atom is -0.485 e. The van der Waals surface area contributed by atoms with Gasteiger partial charge in [0.1, 0.15) is 5.75 Å². The highest BCUT2D eigenvalue weighted by Crippen LogP contribution is 2.29. The van der Waals surface area contributed by atoms with E-state index in [1.165, 1.54) is 6.07 Å². The van der Waals surface area contributed by atoms with E-state index in [0.29, 0.717) is 23.3 Å². The molecule has 1 fully saturated rings. The molecule has 2 aromatic rings. The van der Waals surface area contributed by atoms with Gasteiger partial charge in [0.05, 0.1) is 23.7 Å². The normalized spacial score (nSPS) is 17.8. The minimum atomic E-state index is -3.02. The van der Waals surface area contributed by atoms with Gasteiger partial charge in [0.15, 0.2) is 16.4 Å². The Hall–Kier alpha value is -2.61. The standard InChI is InChI=1S/C21H25NO6S/c1-4-27-21(24)16-6-5-7-18(11-16)28-12-20(23)19-10-14(2)22(15(19)3)17-8-9-29(25,26)13-17/h5-7,10-11,17H,4,8-9,12-13H2,1-3H3/t17-/m0/s1. The van der Waals surface area contributed by atoms with E-state index in [9.17, 15) is 18.0 Å². The Morgan fingerprint density at radius 2 is 1.97 bits per heavy atom. The van der Waals surface area contributed by atoms with Crippen LogP contribution in [0.5, 0.6) is 5.75 Å². The molecule has 1 aromatic carbocycles. The van der Waals surface area contributed by atoms with Gasteiger partial charge in [0, 0.05) is 23.0 Å².